The Hall–Kier alpha value is -2.43. The third-order valence-corrected chi connectivity index (χ3v) is 5.10. The number of para-hydroxylation sites is 2. The molecule has 9 heteroatoms. The number of aromatic nitrogens is 4. The average Bonchev–Trinajstić information content (AvgIpc) is 3.20. The molecule has 0 aliphatic carbocycles. The molecule has 0 saturated carbocycles. The lowest BCUT2D eigenvalue weighted by atomic mass is 10.3. The molecule has 30 heavy (non-hydrogen) atoms. The number of anilines is 1. The summed E-state index contributed by atoms with van der Waals surface area (Å²) in [6.07, 6.45) is 6.49. The highest BCUT2D eigenvalue weighted by Crippen LogP contribution is 2.12. The Bertz CT molecular complexity index is 934. The monoisotopic (exact) mass is 520 g/mol. The molecule has 3 aromatic rings. The molecule has 1 fully saturated rings. The van der Waals surface area contributed by atoms with Crippen molar-refractivity contribution >= 4 is 46.9 Å². The van der Waals surface area contributed by atoms with Crippen molar-refractivity contribution in [3.63, 3.8) is 0 Å². The molecule has 1 aliphatic rings. The van der Waals surface area contributed by atoms with Crippen LogP contribution in [0.4, 0.5) is 5.95 Å². The maximum absolute atomic E-state index is 4.86. The predicted molar refractivity (Wildman–Crippen MR) is 132 cm³/mol. The lowest BCUT2D eigenvalue weighted by molar-refractivity contribution is 0.370. The van der Waals surface area contributed by atoms with Crippen molar-refractivity contribution in [3.05, 3.63) is 49.1 Å². The molecule has 160 valence electrons. The van der Waals surface area contributed by atoms with Gasteiger partial charge < -0.3 is 19.7 Å². The number of nitrogens with zero attached hydrogens (tertiary/aromatic N) is 7. The van der Waals surface area contributed by atoms with Crippen molar-refractivity contribution < 1.29 is 0 Å². The van der Waals surface area contributed by atoms with Gasteiger partial charge in [-0.25, -0.2) is 15.0 Å². The van der Waals surface area contributed by atoms with E-state index in [2.05, 4.69) is 53.7 Å². The first-order valence-corrected chi connectivity index (χ1v) is 10.3. The van der Waals surface area contributed by atoms with E-state index in [0.717, 1.165) is 69.7 Å². The Kier molecular flexibility index (Phi) is 8.23. The largest absolute Gasteiger partial charge is 0.357 e. The molecule has 0 unspecified atom stereocenters. The number of aryl methyl sites for hydroxylation is 1. The van der Waals surface area contributed by atoms with Crippen LogP contribution in [-0.2, 0) is 6.54 Å². The third-order valence-electron chi connectivity index (χ3n) is 5.10. The van der Waals surface area contributed by atoms with Gasteiger partial charge in [0.1, 0.15) is 0 Å². The summed E-state index contributed by atoms with van der Waals surface area (Å²) in [5.74, 6) is 1.80. The van der Waals surface area contributed by atoms with Gasteiger partial charge in [-0.3, -0.25) is 4.99 Å². The van der Waals surface area contributed by atoms with E-state index in [1.165, 1.54) is 5.52 Å². The number of imidazole rings is 1. The van der Waals surface area contributed by atoms with Crippen LogP contribution in [0.2, 0.25) is 0 Å². The summed E-state index contributed by atoms with van der Waals surface area (Å²) in [7, 11) is 0. The first-order valence-electron chi connectivity index (χ1n) is 10.3. The molecule has 1 saturated heterocycles. The number of hydrogen-bond acceptors (Lipinski definition) is 5. The summed E-state index contributed by atoms with van der Waals surface area (Å²) < 4.78 is 2.20. The number of guanidine groups is 1. The minimum Gasteiger partial charge on any atom is -0.357 e. The third kappa shape index (κ3) is 5.38. The fraction of sp³-hybridized carbons (Fsp3) is 0.429. The van der Waals surface area contributed by atoms with Crippen molar-refractivity contribution in [2.24, 2.45) is 4.99 Å². The van der Waals surface area contributed by atoms with Crippen molar-refractivity contribution in [3.8, 4) is 0 Å². The highest BCUT2D eigenvalue weighted by Gasteiger charge is 2.20. The Morgan fingerprint density at radius 3 is 2.57 bits per heavy atom. The van der Waals surface area contributed by atoms with Gasteiger partial charge in [0.2, 0.25) is 5.95 Å². The number of nitrogens with one attached hydrogen (secondary N) is 1. The van der Waals surface area contributed by atoms with E-state index in [4.69, 9.17) is 4.99 Å². The van der Waals surface area contributed by atoms with Crippen LogP contribution < -0.4 is 10.2 Å². The Balaban J connectivity index is 0.00000256. The summed E-state index contributed by atoms with van der Waals surface area (Å²) in [6, 6.07) is 10.1. The molecule has 0 radical (unpaired) electrons. The smallest absolute Gasteiger partial charge is 0.225 e. The van der Waals surface area contributed by atoms with Gasteiger partial charge in [-0.15, -0.1) is 24.0 Å². The molecule has 0 bridgehead atoms. The van der Waals surface area contributed by atoms with E-state index in [1.54, 1.807) is 12.4 Å². The number of rotatable bonds is 6. The van der Waals surface area contributed by atoms with Gasteiger partial charge in [0.25, 0.3) is 0 Å². The first kappa shape index (κ1) is 22.3. The van der Waals surface area contributed by atoms with Crippen molar-refractivity contribution in [2.75, 3.05) is 44.2 Å². The number of piperazine rings is 1. The quantitative estimate of drug-likeness (QED) is 0.233. The van der Waals surface area contributed by atoms with Gasteiger partial charge in [-0.2, -0.15) is 0 Å². The van der Waals surface area contributed by atoms with E-state index in [-0.39, 0.29) is 24.0 Å². The van der Waals surface area contributed by atoms with Crippen LogP contribution in [0.5, 0.6) is 0 Å². The molecule has 8 nitrogen and oxygen atoms in total. The molecule has 1 aliphatic heterocycles. The van der Waals surface area contributed by atoms with Crippen LogP contribution in [0.3, 0.4) is 0 Å². The van der Waals surface area contributed by atoms with Gasteiger partial charge in [0, 0.05) is 58.2 Å². The molecule has 1 aromatic carbocycles. The normalized spacial score (nSPS) is 14.6. The molecule has 3 heterocycles. The van der Waals surface area contributed by atoms with Crippen LogP contribution in [0, 0.1) is 0 Å². The van der Waals surface area contributed by atoms with E-state index in [1.807, 2.05) is 24.5 Å². The number of halogens is 1. The van der Waals surface area contributed by atoms with Crippen LogP contribution in [-0.4, -0.2) is 69.6 Å². The Labute approximate surface area is 194 Å². The van der Waals surface area contributed by atoms with Gasteiger partial charge in [-0.05, 0) is 31.5 Å². The zero-order valence-corrected chi connectivity index (χ0v) is 19.6. The number of hydrogen-bond donors (Lipinski definition) is 1. The molecule has 2 aromatic heterocycles. The zero-order valence-electron chi connectivity index (χ0n) is 17.3. The highest BCUT2D eigenvalue weighted by molar-refractivity contribution is 14.0. The lowest BCUT2D eigenvalue weighted by Gasteiger charge is -2.36. The molecule has 0 atom stereocenters. The number of benzene rings is 1. The predicted octanol–water partition coefficient (Wildman–Crippen LogP) is 2.62. The van der Waals surface area contributed by atoms with E-state index in [9.17, 15) is 0 Å². The summed E-state index contributed by atoms with van der Waals surface area (Å²) in [6.45, 7) is 8.31. The van der Waals surface area contributed by atoms with Gasteiger partial charge in [0.15, 0.2) is 5.96 Å². The Morgan fingerprint density at radius 2 is 1.80 bits per heavy atom. The maximum atomic E-state index is 4.86. The molecular formula is C21H29IN8. The fourth-order valence-corrected chi connectivity index (χ4v) is 3.61. The van der Waals surface area contributed by atoms with Crippen molar-refractivity contribution in [2.45, 2.75) is 19.9 Å². The van der Waals surface area contributed by atoms with Crippen LogP contribution >= 0.6 is 24.0 Å². The first-order chi connectivity index (χ1) is 14.3. The van der Waals surface area contributed by atoms with Crippen LogP contribution in [0.1, 0.15) is 13.3 Å². The lowest BCUT2D eigenvalue weighted by Crippen LogP contribution is -2.53. The summed E-state index contributed by atoms with van der Waals surface area (Å²) >= 11 is 0. The standard InChI is InChI=1S/C21H28N8.HI/c1-2-22-20(27-13-15-28(16-14-27)21-23-9-5-10-24-21)25-11-6-12-29-17-26-18-7-3-4-8-19(18)29;/h3-5,7-10,17H,2,6,11-16H2,1H3,(H,22,25);1H. The number of aliphatic imine (C=N–C) groups is 1. The molecule has 1 N–H and O–H groups in total. The van der Waals surface area contributed by atoms with Crippen molar-refractivity contribution in [1.29, 1.82) is 0 Å². The molecule has 0 amide bonds. The second kappa shape index (κ2) is 11.1. The topological polar surface area (TPSA) is 74.5 Å². The zero-order chi connectivity index (χ0) is 19.9. The van der Waals surface area contributed by atoms with E-state index >= 15 is 0 Å². The Morgan fingerprint density at radius 1 is 1.03 bits per heavy atom. The summed E-state index contributed by atoms with van der Waals surface area (Å²) in [4.78, 5) is 22.6. The highest BCUT2D eigenvalue weighted by atomic mass is 127. The summed E-state index contributed by atoms with van der Waals surface area (Å²) in [5.41, 5.74) is 2.23. The molecule has 0 spiro atoms. The SMILES string of the molecule is CCNC(=NCCCn1cnc2ccccc21)N1CCN(c2ncccn2)CC1.I. The van der Waals surface area contributed by atoms with Crippen molar-refractivity contribution in [1.82, 2.24) is 29.7 Å². The van der Waals surface area contributed by atoms with E-state index < -0.39 is 0 Å². The number of fused-ring (bicyclic) bond motifs is 1. The molecular weight excluding hydrogens is 491 g/mol. The minimum absolute atomic E-state index is 0. The minimum atomic E-state index is 0. The van der Waals surface area contributed by atoms with Gasteiger partial charge >= 0.3 is 0 Å². The van der Waals surface area contributed by atoms with Gasteiger partial charge in [0.05, 0.1) is 17.4 Å². The fourth-order valence-electron chi connectivity index (χ4n) is 3.61. The van der Waals surface area contributed by atoms with Crippen LogP contribution in [0.25, 0.3) is 11.0 Å². The van der Waals surface area contributed by atoms with Crippen LogP contribution in [0.15, 0.2) is 54.0 Å². The second-order valence-corrected chi connectivity index (χ2v) is 7.04. The maximum Gasteiger partial charge on any atom is 0.225 e. The summed E-state index contributed by atoms with van der Waals surface area (Å²) in [5, 5.41) is 3.44. The second-order valence-electron chi connectivity index (χ2n) is 7.04. The van der Waals surface area contributed by atoms with Gasteiger partial charge in [-0.1, -0.05) is 12.1 Å². The molecule has 4 rings (SSSR count). The average molecular weight is 520 g/mol. The van der Waals surface area contributed by atoms with E-state index in [0.29, 0.717) is 0 Å².